The van der Waals surface area contributed by atoms with E-state index < -0.39 is 14.9 Å². The number of nitro benzene ring substituents is 1. The fraction of sp³-hybridized carbons (Fsp3) is 0. The van der Waals surface area contributed by atoms with Crippen molar-refractivity contribution in [3.8, 4) is 0 Å². The molecule has 3 aromatic rings. The zero-order valence-corrected chi connectivity index (χ0v) is 12.4. The maximum Gasteiger partial charge on any atom is 0.284 e. The summed E-state index contributed by atoms with van der Waals surface area (Å²) in [5, 5.41) is 10.6. The molecule has 0 aliphatic rings. The zero-order valence-electron chi connectivity index (χ0n) is 11.6. The molecule has 0 aliphatic carbocycles. The van der Waals surface area contributed by atoms with Gasteiger partial charge in [-0.15, -0.1) is 4.40 Å². The Labute approximate surface area is 130 Å². The standard InChI is InChI=1S/C14H10N4O4S/c19-18(20)11-4-6-12(7-5-11)23(21,22)16-13-8-10-17-9-2-1-3-14(17)15-13/h1-10H/b16-13-. The number of sulfonamides is 1. The molecule has 0 saturated carbocycles. The highest BCUT2D eigenvalue weighted by atomic mass is 32.2. The van der Waals surface area contributed by atoms with Crippen LogP contribution in [0, 0.1) is 10.1 Å². The van der Waals surface area contributed by atoms with E-state index in [-0.39, 0.29) is 16.1 Å². The molecule has 0 spiro atoms. The number of pyridine rings is 1. The van der Waals surface area contributed by atoms with Gasteiger partial charge in [-0.3, -0.25) is 10.1 Å². The number of nitro groups is 1. The summed E-state index contributed by atoms with van der Waals surface area (Å²) in [7, 11) is -3.99. The Kier molecular flexibility index (Phi) is 3.62. The molecule has 0 atom stereocenters. The second kappa shape index (κ2) is 5.61. The van der Waals surface area contributed by atoms with Crippen molar-refractivity contribution in [3.63, 3.8) is 0 Å². The first-order valence-corrected chi connectivity index (χ1v) is 7.89. The highest BCUT2D eigenvalue weighted by molar-refractivity contribution is 7.90. The molecular weight excluding hydrogens is 320 g/mol. The number of fused-ring (bicyclic) bond motifs is 1. The minimum absolute atomic E-state index is 0.0366. The molecule has 8 nitrogen and oxygen atoms in total. The molecular formula is C14H10N4O4S. The smallest absolute Gasteiger partial charge is 0.284 e. The highest BCUT2D eigenvalue weighted by Crippen LogP contribution is 2.17. The lowest BCUT2D eigenvalue weighted by molar-refractivity contribution is -0.384. The number of nitrogens with zero attached hydrogens (tertiary/aromatic N) is 4. The Bertz CT molecular complexity index is 1060. The van der Waals surface area contributed by atoms with Crippen LogP contribution in [0.3, 0.4) is 0 Å². The molecule has 23 heavy (non-hydrogen) atoms. The van der Waals surface area contributed by atoms with Crippen molar-refractivity contribution in [2.24, 2.45) is 4.40 Å². The second-order valence-corrected chi connectivity index (χ2v) is 6.17. The van der Waals surface area contributed by atoms with E-state index in [0.717, 1.165) is 24.3 Å². The van der Waals surface area contributed by atoms with Crippen LogP contribution in [-0.4, -0.2) is 22.7 Å². The topological polar surface area (TPSA) is 107 Å². The van der Waals surface area contributed by atoms with Gasteiger partial charge in [-0.1, -0.05) is 6.07 Å². The lowest BCUT2D eigenvalue weighted by atomic mass is 10.3. The first-order chi connectivity index (χ1) is 11.0. The van der Waals surface area contributed by atoms with Gasteiger partial charge >= 0.3 is 0 Å². The number of rotatable bonds is 3. The second-order valence-electron chi connectivity index (χ2n) is 4.57. The molecule has 0 amide bonds. The normalized spacial score (nSPS) is 12.4. The SMILES string of the molecule is O=[N+]([O-])c1ccc(S(=O)(=O)/N=c2/ccn3ccccc3n2)cc1. The molecule has 0 bridgehead atoms. The monoisotopic (exact) mass is 330 g/mol. The van der Waals surface area contributed by atoms with Gasteiger partial charge in [-0.05, 0) is 24.3 Å². The molecule has 0 fully saturated rings. The van der Waals surface area contributed by atoms with E-state index in [9.17, 15) is 18.5 Å². The van der Waals surface area contributed by atoms with Crippen molar-refractivity contribution >= 4 is 21.4 Å². The summed E-state index contributed by atoms with van der Waals surface area (Å²) in [6.07, 6.45) is 3.42. The Balaban J connectivity index is 2.05. The van der Waals surface area contributed by atoms with Gasteiger partial charge in [-0.25, -0.2) is 4.98 Å². The fourth-order valence-corrected chi connectivity index (χ4v) is 2.87. The summed E-state index contributed by atoms with van der Waals surface area (Å²) in [6.45, 7) is 0. The number of non-ortho nitro benzene ring substituents is 1. The third kappa shape index (κ3) is 3.09. The van der Waals surface area contributed by atoms with Crippen LogP contribution >= 0.6 is 0 Å². The van der Waals surface area contributed by atoms with Crippen molar-refractivity contribution in [2.45, 2.75) is 4.90 Å². The van der Waals surface area contributed by atoms with Gasteiger partial charge in [0, 0.05) is 30.6 Å². The number of hydrogen-bond acceptors (Lipinski definition) is 5. The predicted molar refractivity (Wildman–Crippen MR) is 81.0 cm³/mol. The molecule has 0 aliphatic heterocycles. The molecule has 1 aromatic carbocycles. The summed E-state index contributed by atoms with van der Waals surface area (Å²) in [4.78, 5) is 14.0. The molecule has 3 rings (SSSR count). The molecule has 9 heteroatoms. The minimum atomic E-state index is -3.99. The van der Waals surface area contributed by atoms with E-state index in [1.54, 1.807) is 28.9 Å². The van der Waals surface area contributed by atoms with Crippen molar-refractivity contribution in [1.82, 2.24) is 9.38 Å². The van der Waals surface area contributed by atoms with Gasteiger partial charge in [0.05, 0.1) is 9.82 Å². The van der Waals surface area contributed by atoms with Crippen LogP contribution in [0.4, 0.5) is 5.69 Å². The molecule has 0 radical (unpaired) electrons. The van der Waals surface area contributed by atoms with Gasteiger partial charge in [0.25, 0.3) is 15.7 Å². The van der Waals surface area contributed by atoms with E-state index in [4.69, 9.17) is 0 Å². The summed E-state index contributed by atoms with van der Waals surface area (Å²) in [5.41, 5.74) is 0.395. The zero-order chi connectivity index (χ0) is 16.4. The maximum absolute atomic E-state index is 12.2. The average molecular weight is 330 g/mol. The van der Waals surface area contributed by atoms with Crippen LogP contribution in [0.2, 0.25) is 0 Å². The number of hydrogen-bond donors (Lipinski definition) is 0. The number of aromatic nitrogens is 2. The van der Waals surface area contributed by atoms with E-state index in [2.05, 4.69) is 9.38 Å². The Hall–Kier alpha value is -3.07. The summed E-state index contributed by atoms with van der Waals surface area (Å²) in [6, 6.07) is 11.3. The lowest BCUT2D eigenvalue weighted by Crippen LogP contribution is -2.13. The van der Waals surface area contributed by atoms with Gasteiger partial charge < -0.3 is 4.40 Å². The molecule has 0 unspecified atom stereocenters. The van der Waals surface area contributed by atoms with Crippen molar-refractivity contribution in [1.29, 1.82) is 0 Å². The number of benzene rings is 1. The van der Waals surface area contributed by atoms with Crippen molar-refractivity contribution in [2.75, 3.05) is 0 Å². The van der Waals surface area contributed by atoms with E-state index in [1.807, 2.05) is 6.07 Å². The summed E-state index contributed by atoms with van der Waals surface area (Å²) < 4.78 is 29.9. The minimum Gasteiger partial charge on any atom is -0.308 e. The molecule has 2 heterocycles. The average Bonchev–Trinajstić information content (AvgIpc) is 2.54. The lowest BCUT2D eigenvalue weighted by Gasteiger charge is -2.00. The largest absolute Gasteiger partial charge is 0.308 e. The quantitative estimate of drug-likeness (QED) is 0.534. The maximum atomic E-state index is 12.2. The highest BCUT2D eigenvalue weighted by Gasteiger charge is 2.14. The fourth-order valence-electron chi connectivity index (χ4n) is 1.94. The Morgan fingerprint density at radius 2 is 1.78 bits per heavy atom. The van der Waals surface area contributed by atoms with Crippen LogP contribution in [0.1, 0.15) is 0 Å². The van der Waals surface area contributed by atoms with Gasteiger partial charge in [0.2, 0.25) is 0 Å². The van der Waals surface area contributed by atoms with Crippen LogP contribution in [-0.2, 0) is 10.0 Å². The van der Waals surface area contributed by atoms with E-state index in [0.29, 0.717) is 5.65 Å². The predicted octanol–water partition coefficient (Wildman–Crippen LogP) is 1.53. The van der Waals surface area contributed by atoms with Crippen LogP contribution < -0.4 is 5.49 Å². The molecule has 0 N–H and O–H groups in total. The first-order valence-electron chi connectivity index (χ1n) is 6.45. The Morgan fingerprint density at radius 1 is 1.04 bits per heavy atom. The van der Waals surface area contributed by atoms with Gasteiger partial charge in [0.1, 0.15) is 5.65 Å². The Morgan fingerprint density at radius 3 is 2.48 bits per heavy atom. The molecule has 116 valence electrons. The van der Waals surface area contributed by atoms with Gasteiger partial charge in [-0.2, -0.15) is 8.42 Å². The summed E-state index contributed by atoms with van der Waals surface area (Å²) >= 11 is 0. The van der Waals surface area contributed by atoms with E-state index in [1.165, 1.54) is 6.07 Å². The van der Waals surface area contributed by atoms with Crippen molar-refractivity contribution < 1.29 is 13.3 Å². The van der Waals surface area contributed by atoms with Crippen LogP contribution in [0.25, 0.3) is 5.65 Å². The third-order valence-corrected chi connectivity index (χ3v) is 4.34. The van der Waals surface area contributed by atoms with Crippen LogP contribution in [0.15, 0.2) is 70.2 Å². The first kappa shape index (κ1) is 14.9. The van der Waals surface area contributed by atoms with E-state index >= 15 is 0 Å². The van der Waals surface area contributed by atoms with Gasteiger partial charge in [0.15, 0.2) is 5.49 Å². The van der Waals surface area contributed by atoms with Crippen LogP contribution in [0.5, 0.6) is 0 Å². The van der Waals surface area contributed by atoms with Crippen molar-refractivity contribution in [3.05, 3.63) is 76.5 Å². The molecule has 2 aromatic heterocycles. The molecule has 0 saturated heterocycles. The third-order valence-electron chi connectivity index (χ3n) is 3.04. The summed E-state index contributed by atoms with van der Waals surface area (Å²) in [5.74, 6) is 0.